The van der Waals surface area contributed by atoms with Crippen LogP contribution in [0.3, 0.4) is 0 Å². The van der Waals surface area contributed by atoms with Crippen molar-refractivity contribution in [2.45, 2.75) is 52.1 Å². The van der Waals surface area contributed by atoms with Gasteiger partial charge in [0.05, 0.1) is 27.5 Å². The van der Waals surface area contributed by atoms with Gasteiger partial charge in [-0.3, -0.25) is 4.79 Å². The first-order chi connectivity index (χ1) is 8.91. The second-order valence-corrected chi connectivity index (χ2v) is 6.78. The van der Waals surface area contributed by atoms with Crippen molar-refractivity contribution in [3.05, 3.63) is 15.6 Å². The van der Waals surface area contributed by atoms with Crippen molar-refractivity contribution in [1.29, 1.82) is 0 Å². The quantitative estimate of drug-likeness (QED) is 0.907. The number of aryl methyl sites for hydroxylation is 2. The number of fused-ring (bicyclic) bond motifs is 1. The number of aromatic nitrogens is 1. The Bertz CT molecular complexity index is 479. The van der Waals surface area contributed by atoms with Crippen LogP contribution < -0.4 is 5.73 Å². The van der Waals surface area contributed by atoms with E-state index >= 15 is 0 Å². The number of nitrogens with two attached hydrogens (primary N) is 1. The Morgan fingerprint density at radius 1 is 1.43 bits per heavy atom. The van der Waals surface area contributed by atoms with Crippen molar-refractivity contribution in [2.75, 3.05) is 7.05 Å². The lowest BCUT2D eigenvalue weighted by molar-refractivity contribution is -0.136. The first-order valence-corrected chi connectivity index (χ1v) is 7.72. The number of carbonyl (C=O) groups excluding carboxylic acids is 1. The smallest absolute Gasteiger partial charge is 0.227 e. The zero-order valence-corrected chi connectivity index (χ0v) is 15.4. The number of hydrogen-bond acceptors (Lipinski definition) is 4. The molecule has 1 aromatic heterocycles. The molecule has 122 valence electrons. The minimum absolute atomic E-state index is 0. The molecule has 0 saturated heterocycles. The summed E-state index contributed by atoms with van der Waals surface area (Å²) in [5.74, 6) is 0.00305. The summed E-state index contributed by atoms with van der Waals surface area (Å²) in [6, 6.07) is 0.0739. The maximum Gasteiger partial charge on any atom is 0.227 e. The normalized spacial score (nSPS) is 19.6. The van der Waals surface area contributed by atoms with Crippen molar-refractivity contribution < 1.29 is 4.79 Å². The summed E-state index contributed by atoms with van der Waals surface area (Å²) in [5.41, 5.74) is 7.03. The van der Waals surface area contributed by atoms with Crippen LogP contribution in [0.4, 0.5) is 0 Å². The van der Waals surface area contributed by atoms with Gasteiger partial charge in [0.15, 0.2) is 0 Å². The van der Waals surface area contributed by atoms with Crippen LogP contribution in [0.2, 0.25) is 0 Å². The molecule has 3 atom stereocenters. The Labute approximate surface area is 143 Å². The van der Waals surface area contributed by atoms with Crippen LogP contribution in [-0.4, -0.2) is 28.9 Å². The molecule has 1 aromatic rings. The lowest BCUT2D eigenvalue weighted by atomic mass is 9.95. The molecule has 1 amide bonds. The molecule has 1 heterocycles. The molecule has 2 rings (SSSR count). The molecule has 1 aliphatic carbocycles. The fourth-order valence-corrected chi connectivity index (χ4v) is 3.74. The summed E-state index contributed by atoms with van der Waals surface area (Å²) in [5, 5.41) is 1.10. The molecule has 0 aliphatic heterocycles. The third-order valence-corrected chi connectivity index (χ3v) is 5.14. The summed E-state index contributed by atoms with van der Waals surface area (Å²) >= 11 is 1.73. The molecule has 4 nitrogen and oxygen atoms in total. The highest BCUT2D eigenvalue weighted by atomic mass is 35.5. The van der Waals surface area contributed by atoms with Gasteiger partial charge < -0.3 is 10.6 Å². The Kier molecular flexibility index (Phi) is 8.18. The second kappa shape index (κ2) is 8.32. The van der Waals surface area contributed by atoms with Crippen LogP contribution in [0.1, 0.15) is 48.3 Å². The van der Waals surface area contributed by atoms with E-state index in [1.165, 1.54) is 10.6 Å². The summed E-state index contributed by atoms with van der Waals surface area (Å²) in [6.45, 7) is 5.83. The average molecular weight is 354 g/mol. The maximum absolute atomic E-state index is 12.4. The third kappa shape index (κ3) is 4.31. The van der Waals surface area contributed by atoms with Crippen molar-refractivity contribution in [1.82, 2.24) is 9.88 Å². The van der Waals surface area contributed by atoms with E-state index in [2.05, 4.69) is 4.98 Å². The largest absolute Gasteiger partial charge is 0.338 e. The SMILES string of the molecule is Cc1nc2c(s1)C(N(C)C(=O)C(C)C(C)N)CCC2.Cl.Cl. The summed E-state index contributed by atoms with van der Waals surface area (Å²) < 4.78 is 0. The van der Waals surface area contributed by atoms with Crippen LogP contribution in [0, 0.1) is 12.8 Å². The summed E-state index contributed by atoms with van der Waals surface area (Å²) in [7, 11) is 1.90. The molecule has 3 unspecified atom stereocenters. The maximum atomic E-state index is 12.4. The highest BCUT2D eigenvalue weighted by Crippen LogP contribution is 2.37. The highest BCUT2D eigenvalue weighted by molar-refractivity contribution is 7.11. The van der Waals surface area contributed by atoms with Gasteiger partial charge in [-0.25, -0.2) is 4.98 Å². The Morgan fingerprint density at radius 2 is 2.05 bits per heavy atom. The topological polar surface area (TPSA) is 59.2 Å². The van der Waals surface area contributed by atoms with E-state index in [9.17, 15) is 4.79 Å². The predicted octanol–water partition coefficient (Wildman–Crippen LogP) is 3.11. The molecule has 2 N–H and O–H groups in total. The van der Waals surface area contributed by atoms with Gasteiger partial charge in [-0.15, -0.1) is 36.2 Å². The Morgan fingerprint density at radius 3 is 2.62 bits per heavy atom. The molecule has 0 spiro atoms. The number of amides is 1. The Balaban J connectivity index is 0.00000200. The Hall–Kier alpha value is -0.360. The lowest BCUT2D eigenvalue weighted by Crippen LogP contribution is -2.42. The van der Waals surface area contributed by atoms with Crippen molar-refractivity contribution in [2.24, 2.45) is 11.7 Å². The van der Waals surface area contributed by atoms with Gasteiger partial charge in [-0.2, -0.15) is 0 Å². The van der Waals surface area contributed by atoms with Crippen molar-refractivity contribution in [3.8, 4) is 0 Å². The van der Waals surface area contributed by atoms with Crippen molar-refractivity contribution in [3.63, 3.8) is 0 Å². The van der Waals surface area contributed by atoms with Gasteiger partial charge >= 0.3 is 0 Å². The molecule has 0 radical (unpaired) electrons. The van der Waals surface area contributed by atoms with Crippen LogP contribution in [0.5, 0.6) is 0 Å². The number of thiazole rings is 1. The van der Waals surface area contributed by atoms with Gasteiger partial charge in [-0.1, -0.05) is 6.92 Å². The predicted molar refractivity (Wildman–Crippen MR) is 92.6 cm³/mol. The molecule has 0 bridgehead atoms. The molecule has 7 heteroatoms. The number of hydrogen-bond donors (Lipinski definition) is 1. The van der Waals surface area contributed by atoms with E-state index in [4.69, 9.17) is 5.73 Å². The van der Waals surface area contributed by atoms with E-state index in [1.54, 1.807) is 11.3 Å². The summed E-state index contributed by atoms with van der Waals surface area (Å²) in [6.07, 6.45) is 3.18. The van der Waals surface area contributed by atoms with Gasteiger partial charge in [0.2, 0.25) is 5.91 Å². The van der Waals surface area contributed by atoms with E-state index in [-0.39, 0.29) is 48.7 Å². The fourth-order valence-electron chi connectivity index (χ4n) is 2.59. The minimum atomic E-state index is -0.135. The number of rotatable bonds is 3. The molecular formula is C14H25Cl2N3OS. The van der Waals surface area contributed by atoms with E-state index < -0.39 is 0 Å². The van der Waals surface area contributed by atoms with Crippen LogP contribution in [0.25, 0.3) is 0 Å². The van der Waals surface area contributed by atoms with E-state index in [1.807, 2.05) is 32.7 Å². The number of halogens is 2. The zero-order chi connectivity index (χ0) is 14.2. The van der Waals surface area contributed by atoms with E-state index in [0.717, 1.165) is 24.3 Å². The van der Waals surface area contributed by atoms with Gasteiger partial charge in [0.1, 0.15) is 0 Å². The molecule has 0 saturated carbocycles. The highest BCUT2D eigenvalue weighted by Gasteiger charge is 2.32. The van der Waals surface area contributed by atoms with Gasteiger partial charge in [0.25, 0.3) is 0 Å². The first kappa shape index (κ1) is 20.6. The standard InChI is InChI=1S/C14H23N3OS.2ClH/c1-8(9(2)15)14(18)17(4)12-7-5-6-11-13(12)19-10(3)16-11;;/h8-9,12H,5-7,15H2,1-4H3;2*1H. The lowest BCUT2D eigenvalue weighted by Gasteiger charge is -2.33. The molecule has 1 aliphatic rings. The van der Waals surface area contributed by atoms with Crippen LogP contribution in [0.15, 0.2) is 0 Å². The second-order valence-electron chi connectivity index (χ2n) is 5.55. The number of carbonyl (C=O) groups is 1. The average Bonchev–Trinajstić information content (AvgIpc) is 2.75. The van der Waals surface area contributed by atoms with Crippen LogP contribution in [-0.2, 0) is 11.2 Å². The molecule has 0 aromatic carbocycles. The van der Waals surface area contributed by atoms with E-state index in [0.29, 0.717) is 0 Å². The molecule has 0 fully saturated rings. The van der Waals surface area contributed by atoms with Crippen LogP contribution >= 0.6 is 36.2 Å². The summed E-state index contributed by atoms with van der Waals surface area (Å²) in [4.78, 5) is 20.2. The monoisotopic (exact) mass is 353 g/mol. The minimum Gasteiger partial charge on any atom is -0.338 e. The van der Waals surface area contributed by atoms with Gasteiger partial charge in [0, 0.05) is 13.1 Å². The number of nitrogens with zero attached hydrogens (tertiary/aromatic N) is 2. The van der Waals surface area contributed by atoms with Crippen molar-refractivity contribution >= 4 is 42.1 Å². The molecular weight excluding hydrogens is 329 g/mol. The fraction of sp³-hybridized carbons (Fsp3) is 0.714. The third-order valence-electron chi connectivity index (χ3n) is 4.02. The zero-order valence-electron chi connectivity index (χ0n) is 13.0. The van der Waals surface area contributed by atoms with Gasteiger partial charge in [-0.05, 0) is 33.1 Å². The first-order valence-electron chi connectivity index (χ1n) is 6.90. The molecule has 21 heavy (non-hydrogen) atoms.